The zero-order valence-electron chi connectivity index (χ0n) is 14.7. The number of nitrogens with zero attached hydrogens (tertiary/aromatic N) is 3. The van der Waals surface area contributed by atoms with Crippen LogP contribution in [0, 0.1) is 15.9 Å². The second-order valence-corrected chi connectivity index (χ2v) is 6.66. The molecule has 11 heteroatoms. The Balaban J connectivity index is 1.73. The minimum absolute atomic E-state index is 0.0466. The van der Waals surface area contributed by atoms with Gasteiger partial charge in [0.25, 0.3) is 5.91 Å². The summed E-state index contributed by atoms with van der Waals surface area (Å²) in [5, 5.41) is 14.4. The van der Waals surface area contributed by atoms with Crippen molar-refractivity contribution in [2.24, 2.45) is 0 Å². The molecule has 3 aromatic rings. The molecule has 0 saturated heterocycles. The molecule has 29 heavy (non-hydrogen) atoms. The SMILES string of the molecule is O=C(NNc1ncnc(NCc2ccc(F)cc2)c1[N+](=O)[O-])c1ccc(Br)cc1. The number of carbonyl (C=O) groups excluding carboxylic acids is 1. The van der Waals surface area contributed by atoms with Gasteiger partial charge in [0.05, 0.1) is 4.92 Å². The molecule has 2 aromatic carbocycles. The van der Waals surface area contributed by atoms with Gasteiger partial charge < -0.3 is 5.32 Å². The van der Waals surface area contributed by atoms with Gasteiger partial charge in [-0.15, -0.1) is 0 Å². The van der Waals surface area contributed by atoms with Gasteiger partial charge >= 0.3 is 5.69 Å². The first kappa shape index (κ1) is 20.1. The number of rotatable bonds is 7. The van der Waals surface area contributed by atoms with Crippen LogP contribution in [0.15, 0.2) is 59.3 Å². The van der Waals surface area contributed by atoms with Gasteiger partial charge in [0, 0.05) is 16.6 Å². The van der Waals surface area contributed by atoms with E-state index in [0.29, 0.717) is 11.1 Å². The second kappa shape index (κ2) is 9.06. The number of anilines is 2. The van der Waals surface area contributed by atoms with E-state index in [1.807, 2.05) is 0 Å². The standard InChI is InChI=1S/C18H14BrFN6O3/c19-13-5-3-12(4-6-13)18(27)25-24-17-15(26(28)29)16(22-10-23-17)21-9-11-1-7-14(20)8-2-11/h1-8,10H,9H2,(H,25,27)(H2,21,22,23,24). The average Bonchev–Trinajstić information content (AvgIpc) is 2.72. The zero-order chi connectivity index (χ0) is 20.8. The van der Waals surface area contributed by atoms with Gasteiger partial charge in [-0.3, -0.25) is 25.8 Å². The van der Waals surface area contributed by atoms with E-state index in [2.05, 4.69) is 42.1 Å². The van der Waals surface area contributed by atoms with Crippen molar-refractivity contribution in [1.29, 1.82) is 0 Å². The summed E-state index contributed by atoms with van der Waals surface area (Å²) in [6, 6.07) is 12.2. The van der Waals surface area contributed by atoms with Crippen molar-refractivity contribution in [3.8, 4) is 0 Å². The maximum absolute atomic E-state index is 13.0. The molecule has 3 rings (SSSR count). The molecule has 0 aliphatic rings. The molecular weight excluding hydrogens is 447 g/mol. The normalized spacial score (nSPS) is 10.3. The lowest BCUT2D eigenvalue weighted by Crippen LogP contribution is -2.30. The fourth-order valence-electron chi connectivity index (χ4n) is 2.35. The van der Waals surface area contributed by atoms with Crippen LogP contribution in [-0.4, -0.2) is 20.8 Å². The number of carbonyl (C=O) groups is 1. The minimum Gasteiger partial charge on any atom is -0.360 e. The number of aromatic nitrogens is 2. The van der Waals surface area contributed by atoms with E-state index >= 15 is 0 Å². The molecule has 1 aromatic heterocycles. The van der Waals surface area contributed by atoms with Crippen LogP contribution in [0.25, 0.3) is 0 Å². The number of benzene rings is 2. The lowest BCUT2D eigenvalue weighted by Gasteiger charge is -2.11. The fraction of sp³-hybridized carbons (Fsp3) is 0.0556. The summed E-state index contributed by atoms with van der Waals surface area (Å²) in [5.74, 6) is -1.10. The van der Waals surface area contributed by atoms with Crippen LogP contribution in [0.1, 0.15) is 15.9 Å². The van der Waals surface area contributed by atoms with E-state index < -0.39 is 16.5 Å². The number of nitrogens with one attached hydrogen (secondary N) is 3. The van der Waals surface area contributed by atoms with Crippen LogP contribution < -0.4 is 16.2 Å². The number of hydrazine groups is 1. The Kier molecular flexibility index (Phi) is 6.29. The Labute approximate surface area is 172 Å². The Morgan fingerprint density at radius 3 is 2.38 bits per heavy atom. The van der Waals surface area contributed by atoms with Crippen molar-refractivity contribution >= 4 is 39.2 Å². The Morgan fingerprint density at radius 2 is 1.72 bits per heavy atom. The van der Waals surface area contributed by atoms with E-state index in [1.165, 1.54) is 12.1 Å². The smallest absolute Gasteiger partial charge is 0.354 e. The van der Waals surface area contributed by atoms with E-state index in [9.17, 15) is 19.3 Å². The number of amides is 1. The van der Waals surface area contributed by atoms with Crippen molar-refractivity contribution in [3.05, 3.63) is 86.4 Å². The third-order valence-corrected chi connectivity index (χ3v) is 4.31. The zero-order valence-corrected chi connectivity index (χ0v) is 16.3. The maximum atomic E-state index is 13.0. The number of hydrogen-bond donors (Lipinski definition) is 3. The second-order valence-electron chi connectivity index (χ2n) is 5.74. The molecule has 0 bridgehead atoms. The van der Waals surface area contributed by atoms with Gasteiger partial charge in [-0.2, -0.15) is 0 Å². The number of hydrogen-bond acceptors (Lipinski definition) is 7. The summed E-state index contributed by atoms with van der Waals surface area (Å²) in [6.45, 7) is 0.183. The van der Waals surface area contributed by atoms with Gasteiger partial charge in [-0.1, -0.05) is 28.1 Å². The predicted molar refractivity (Wildman–Crippen MR) is 108 cm³/mol. The summed E-state index contributed by atoms with van der Waals surface area (Å²) in [5.41, 5.74) is 5.45. The Morgan fingerprint density at radius 1 is 1.07 bits per heavy atom. The van der Waals surface area contributed by atoms with E-state index in [-0.39, 0.29) is 24.0 Å². The molecule has 1 amide bonds. The summed E-state index contributed by atoms with van der Waals surface area (Å²) in [7, 11) is 0. The van der Waals surface area contributed by atoms with Crippen molar-refractivity contribution in [2.75, 3.05) is 10.7 Å². The van der Waals surface area contributed by atoms with Gasteiger partial charge in [0.2, 0.25) is 11.6 Å². The summed E-state index contributed by atoms with van der Waals surface area (Å²) < 4.78 is 13.8. The van der Waals surface area contributed by atoms with Crippen LogP contribution in [0.3, 0.4) is 0 Å². The Hall–Kier alpha value is -3.60. The van der Waals surface area contributed by atoms with E-state index in [1.54, 1.807) is 36.4 Å². The third-order valence-electron chi connectivity index (χ3n) is 3.78. The molecule has 0 radical (unpaired) electrons. The summed E-state index contributed by atoms with van der Waals surface area (Å²) in [6.07, 6.45) is 1.12. The minimum atomic E-state index is -0.666. The van der Waals surface area contributed by atoms with Crippen LogP contribution in [0.5, 0.6) is 0 Å². The van der Waals surface area contributed by atoms with Crippen molar-refractivity contribution in [1.82, 2.24) is 15.4 Å². The van der Waals surface area contributed by atoms with Crippen LogP contribution in [0.4, 0.5) is 21.7 Å². The highest BCUT2D eigenvalue weighted by molar-refractivity contribution is 9.10. The first-order chi connectivity index (χ1) is 13.9. The first-order valence-corrected chi connectivity index (χ1v) is 9.03. The predicted octanol–water partition coefficient (Wildman–Crippen LogP) is 3.66. The molecule has 0 fully saturated rings. The van der Waals surface area contributed by atoms with Crippen LogP contribution in [-0.2, 0) is 6.54 Å². The monoisotopic (exact) mass is 460 g/mol. The van der Waals surface area contributed by atoms with E-state index in [4.69, 9.17) is 0 Å². The lowest BCUT2D eigenvalue weighted by molar-refractivity contribution is -0.383. The molecule has 3 N–H and O–H groups in total. The maximum Gasteiger partial charge on any atom is 0.354 e. The van der Waals surface area contributed by atoms with Gasteiger partial charge in [-0.05, 0) is 42.0 Å². The molecular formula is C18H14BrFN6O3. The van der Waals surface area contributed by atoms with Crippen molar-refractivity contribution < 1.29 is 14.1 Å². The number of halogens is 2. The van der Waals surface area contributed by atoms with Crippen molar-refractivity contribution in [3.63, 3.8) is 0 Å². The van der Waals surface area contributed by atoms with Crippen LogP contribution in [0.2, 0.25) is 0 Å². The molecule has 9 nitrogen and oxygen atoms in total. The highest BCUT2D eigenvalue weighted by Crippen LogP contribution is 2.28. The van der Waals surface area contributed by atoms with Crippen molar-refractivity contribution in [2.45, 2.75) is 6.54 Å². The molecule has 0 aliphatic heterocycles. The highest BCUT2D eigenvalue weighted by atomic mass is 79.9. The summed E-state index contributed by atoms with van der Waals surface area (Å²) in [4.78, 5) is 30.8. The lowest BCUT2D eigenvalue weighted by atomic mass is 10.2. The first-order valence-electron chi connectivity index (χ1n) is 8.23. The topological polar surface area (TPSA) is 122 Å². The van der Waals surface area contributed by atoms with Gasteiger partial charge in [0.1, 0.15) is 12.1 Å². The van der Waals surface area contributed by atoms with E-state index in [0.717, 1.165) is 10.8 Å². The number of nitro groups is 1. The summed E-state index contributed by atoms with van der Waals surface area (Å²) >= 11 is 3.27. The van der Waals surface area contributed by atoms with Gasteiger partial charge in [0.15, 0.2) is 0 Å². The fourth-order valence-corrected chi connectivity index (χ4v) is 2.61. The molecule has 0 atom stereocenters. The molecule has 148 valence electrons. The van der Waals surface area contributed by atoms with Gasteiger partial charge in [-0.25, -0.2) is 14.4 Å². The third kappa shape index (κ3) is 5.23. The molecule has 0 unspecified atom stereocenters. The quantitative estimate of drug-likeness (QED) is 0.363. The largest absolute Gasteiger partial charge is 0.360 e. The molecule has 0 aliphatic carbocycles. The average molecular weight is 461 g/mol. The molecule has 1 heterocycles. The Bertz CT molecular complexity index is 1030. The molecule has 0 saturated carbocycles. The molecule has 0 spiro atoms. The van der Waals surface area contributed by atoms with Crippen LogP contribution >= 0.6 is 15.9 Å². The highest BCUT2D eigenvalue weighted by Gasteiger charge is 2.23.